The summed E-state index contributed by atoms with van der Waals surface area (Å²) in [6.07, 6.45) is 1.97. The molecule has 0 bridgehead atoms. The Balaban J connectivity index is 1.37. The van der Waals surface area contributed by atoms with Gasteiger partial charge in [0.05, 0.1) is 27.9 Å². The van der Waals surface area contributed by atoms with E-state index in [4.69, 9.17) is 14.7 Å². The smallest absolute Gasteiger partial charge is 0.216 e. The van der Waals surface area contributed by atoms with Crippen molar-refractivity contribution in [2.45, 2.75) is 120 Å². The molecule has 2 aromatic heterocycles. The number of aryl methyl sites for hydroxylation is 5. The van der Waals surface area contributed by atoms with Crippen LogP contribution in [0.15, 0.2) is 102 Å². The van der Waals surface area contributed by atoms with Gasteiger partial charge in [-0.3, -0.25) is 4.57 Å². The van der Waals surface area contributed by atoms with Gasteiger partial charge in [0.25, 0.3) is 0 Å². The van der Waals surface area contributed by atoms with Crippen molar-refractivity contribution in [1.82, 2.24) is 9.55 Å². The first-order valence-electron chi connectivity index (χ1n) is 23.1. The number of aliphatic imine (C=N–C) groups is 1. The zero-order valence-electron chi connectivity index (χ0n) is 40.4. The molecule has 0 amide bonds. The molecule has 0 aliphatic carbocycles. The molecule has 9 rings (SSSR count). The summed E-state index contributed by atoms with van der Waals surface area (Å²) >= 11 is 0. The quantitative estimate of drug-likeness (QED) is 0.161. The highest BCUT2D eigenvalue weighted by atomic mass is 16.5. The zero-order chi connectivity index (χ0) is 45.1. The molecular formula is C58H66N4O. The fraction of sp³-hybridized carbons (Fsp3) is 0.379. The summed E-state index contributed by atoms with van der Waals surface area (Å²) in [7, 11) is 0. The molecule has 0 N–H and O–H groups in total. The Hall–Kier alpha value is -5.68. The molecule has 7 aromatic rings. The molecule has 1 atom stereocenters. The van der Waals surface area contributed by atoms with Gasteiger partial charge in [0.1, 0.15) is 12.4 Å². The minimum atomic E-state index is -0.328. The van der Waals surface area contributed by atoms with Crippen molar-refractivity contribution in [3.63, 3.8) is 0 Å². The van der Waals surface area contributed by atoms with Crippen LogP contribution in [0.3, 0.4) is 0 Å². The number of hydrogen-bond acceptors (Lipinski definition) is 4. The van der Waals surface area contributed by atoms with Crippen LogP contribution in [0.2, 0.25) is 0 Å². The summed E-state index contributed by atoms with van der Waals surface area (Å²) in [5, 5.41) is 2.47. The maximum Gasteiger partial charge on any atom is 0.216 e. The monoisotopic (exact) mass is 835 g/mol. The predicted molar refractivity (Wildman–Crippen MR) is 267 cm³/mol. The van der Waals surface area contributed by atoms with E-state index in [9.17, 15) is 0 Å². The molecule has 4 heterocycles. The summed E-state index contributed by atoms with van der Waals surface area (Å²) in [5.41, 5.74) is 18.6. The molecule has 2 aliphatic rings. The Morgan fingerprint density at radius 2 is 1.27 bits per heavy atom. The van der Waals surface area contributed by atoms with Crippen LogP contribution in [0.1, 0.15) is 119 Å². The molecule has 0 unspecified atom stereocenters. The third-order valence-electron chi connectivity index (χ3n) is 14.3. The standard InChI is InChI=1S/C58H66N4O/c1-33(2)54(34(3)4)58(15)32-63-55(60-58)41-26-40(53-38(8)22-37(7)23-39(53)9)27-43(28-41)61-49-19-17-36(6)25-46(49)57(13,14)47-30-45-44-24-35(5)16-18-48(44)62(50(45)31-51(47)61)52-29-42(20-21-59-52)56(10,11)12/h16-31,33-34,54H,32H2,1-15H3/t58-/m0/s1. The summed E-state index contributed by atoms with van der Waals surface area (Å²) in [6.45, 7) is 34.9. The first-order chi connectivity index (χ1) is 29.7. The highest BCUT2D eigenvalue weighted by molar-refractivity contribution is 6.12. The third-order valence-corrected chi connectivity index (χ3v) is 14.3. The largest absolute Gasteiger partial charge is 0.475 e. The number of fused-ring (bicyclic) bond motifs is 5. The van der Waals surface area contributed by atoms with E-state index in [1.165, 1.54) is 66.5 Å². The molecule has 324 valence electrons. The van der Waals surface area contributed by atoms with E-state index in [0.29, 0.717) is 24.4 Å². The van der Waals surface area contributed by atoms with Crippen LogP contribution in [0.4, 0.5) is 17.1 Å². The first kappa shape index (κ1) is 42.6. The van der Waals surface area contributed by atoms with E-state index in [1.54, 1.807) is 0 Å². The Kier molecular flexibility index (Phi) is 10.1. The Morgan fingerprint density at radius 1 is 0.635 bits per heavy atom. The summed E-state index contributed by atoms with van der Waals surface area (Å²) in [5.74, 6) is 2.97. The normalized spacial score (nSPS) is 17.2. The fourth-order valence-electron chi connectivity index (χ4n) is 11.7. The Bertz CT molecular complexity index is 2980. The second-order valence-corrected chi connectivity index (χ2v) is 21.5. The van der Waals surface area contributed by atoms with Crippen molar-refractivity contribution in [3.05, 3.63) is 147 Å². The summed E-state index contributed by atoms with van der Waals surface area (Å²) in [6, 6.07) is 34.9. The highest BCUT2D eigenvalue weighted by Gasteiger charge is 2.44. The molecule has 0 saturated carbocycles. The van der Waals surface area contributed by atoms with E-state index < -0.39 is 0 Å². The van der Waals surface area contributed by atoms with Crippen LogP contribution in [0.5, 0.6) is 0 Å². The highest BCUT2D eigenvalue weighted by Crippen LogP contribution is 2.55. The number of pyridine rings is 1. The molecule has 0 spiro atoms. The number of nitrogens with zero attached hydrogens (tertiary/aromatic N) is 4. The number of hydrogen-bond donors (Lipinski definition) is 0. The third kappa shape index (κ3) is 7.07. The van der Waals surface area contributed by atoms with E-state index in [-0.39, 0.29) is 16.4 Å². The fourth-order valence-corrected chi connectivity index (χ4v) is 11.7. The Morgan fingerprint density at radius 3 is 1.95 bits per heavy atom. The molecule has 2 aliphatic heterocycles. The van der Waals surface area contributed by atoms with E-state index >= 15 is 0 Å². The van der Waals surface area contributed by atoms with Crippen molar-refractivity contribution in [2.75, 3.05) is 11.5 Å². The van der Waals surface area contributed by atoms with E-state index in [0.717, 1.165) is 45.3 Å². The van der Waals surface area contributed by atoms with Gasteiger partial charge in [-0.2, -0.15) is 0 Å². The summed E-state index contributed by atoms with van der Waals surface area (Å²) in [4.78, 5) is 13.1. The van der Waals surface area contributed by atoms with Crippen LogP contribution in [0.25, 0.3) is 38.8 Å². The molecule has 0 saturated heterocycles. The van der Waals surface area contributed by atoms with Gasteiger partial charge < -0.3 is 9.64 Å². The summed E-state index contributed by atoms with van der Waals surface area (Å²) < 4.78 is 9.14. The number of anilines is 3. The maximum atomic E-state index is 6.76. The van der Waals surface area contributed by atoms with Crippen LogP contribution in [-0.2, 0) is 15.6 Å². The predicted octanol–water partition coefficient (Wildman–Crippen LogP) is 15.3. The second kappa shape index (κ2) is 15.0. The van der Waals surface area contributed by atoms with E-state index in [2.05, 4.69) is 204 Å². The van der Waals surface area contributed by atoms with Crippen LogP contribution in [0, 0.1) is 52.4 Å². The number of benzene rings is 5. The molecule has 5 nitrogen and oxygen atoms in total. The second-order valence-electron chi connectivity index (χ2n) is 21.5. The van der Waals surface area contributed by atoms with Crippen molar-refractivity contribution in [2.24, 2.45) is 22.7 Å². The lowest BCUT2D eigenvalue weighted by Crippen LogP contribution is -2.40. The number of rotatable bonds is 7. The number of ether oxygens (including phenoxy) is 1. The van der Waals surface area contributed by atoms with Gasteiger partial charge in [0.2, 0.25) is 5.90 Å². The van der Waals surface area contributed by atoms with Gasteiger partial charge >= 0.3 is 0 Å². The molecular weight excluding hydrogens is 769 g/mol. The lowest BCUT2D eigenvalue weighted by Gasteiger charge is -2.42. The van der Waals surface area contributed by atoms with Gasteiger partial charge in [-0.05, 0) is 164 Å². The SMILES string of the molecule is Cc1cc(C)c(-c2cc(C3=N[C@](C)(C(C(C)C)C(C)C)CO3)cc(N3c4ccc(C)cc4C(C)(C)c4cc5c6cc(C)ccc6n(-c6cc(C(C)(C)C)ccn6)c5cc43)c2)c(C)c1. The van der Waals surface area contributed by atoms with Gasteiger partial charge in [-0.25, -0.2) is 9.98 Å². The van der Waals surface area contributed by atoms with E-state index in [1.807, 2.05) is 6.20 Å². The lowest BCUT2D eigenvalue weighted by molar-refractivity contribution is 0.129. The first-order valence-corrected chi connectivity index (χ1v) is 23.1. The molecule has 5 aromatic carbocycles. The zero-order valence-corrected chi connectivity index (χ0v) is 40.4. The average molecular weight is 835 g/mol. The number of aromatic nitrogens is 2. The van der Waals surface area contributed by atoms with Crippen LogP contribution >= 0.6 is 0 Å². The minimum Gasteiger partial charge on any atom is -0.475 e. The lowest BCUT2D eigenvalue weighted by atomic mass is 9.72. The molecule has 5 heteroatoms. The topological polar surface area (TPSA) is 42.6 Å². The van der Waals surface area contributed by atoms with Gasteiger partial charge in [-0.1, -0.05) is 109 Å². The van der Waals surface area contributed by atoms with Crippen LogP contribution in [-0.4, -0.2) is 27.6 Å². The minimum absolute atomic E-state index is 0.0268. The molecule has 0 radical (unpaired) electrons. The van der Waals surface area contributed by atoms with Crippen molar-refractivity contribution < 1.29 is 4.74 Å². The van der Waals surface area contributed by atoms with Gasteiger partial charge in [0, 0.05) is 33.6 Å². The van der Waals surface area contributed by atoms with Gasteiger partial charge in [-0.15, -0.1) is 0 Å². The average Bonchev–Trinajstić information content (AvgIpc) is 3.74. The van der Waals surface area contributed by atoms with Crippen LogP contribution < -0.4 is 4.90 Å². The van der Waals surface area contributed by atoms with Gasteiger partial charge in [0.15, 0.2) is 0 Å². The Labute approximate surface area is 376 Å². The van der Waals surface area contributed by atoms with Crippen molar-refractivity contribution in [3.8, 4) is 16.9 Å². The maximum absolute atomic E-state index is 6.76. The van der Waals surface area contributed by atoms with Crippen molar-refractivity contribution in [1.29, 1.82) is 0 Å². The molecule has 0 fully saturated rings. The molecule has 63 heavy (non-hydrogen) atoms. The van der Waals surface area contributed by atoms with Crippen molar-refractivity contribution >= 4 is 44.8 Å².